The molecule has 1 aromatic heterocycles. The molecule has 1 amide bonds. The van der Waals surface area contributed by atoms with Crippen molar-refractivity contribution in [2.45, 2.75) is 26.0 Å². The number of halogens is 2. The van der Waals surface area contributed by atoms with Crippen LogP contribution in [-0.2, 0) is 11.4 Å². The maximum absolute atomic E-state index is 12.2. The van der Waals surface area contributed by atoms with E-state index >= 15 is 0 Å². The molecule has 1 aromatic carbocycles. The number of aryl methyl sites for hydroxylation is 1. The smallest absolute Gasteiger partial charge is 0.246 e. The normalized spacial score (nSPS) is 16.2. The van der Waals surface area contributed by atoms with Crippen LogP contribution in [-0.4, -0.2) is 34.9 Å². The van der Waals surface area contributed by atoms with Gasteiger partial charge in [0.2, 0.25) is 5.91 Å². The predicted octanol–water partition coefficient (Wildman–Crippen LogP) is 3.45. The topological polar surface area (TPSA) is 68.5 Å². The average Bonchev–Trinajstić information content (AvgIpc) is 3.20. The number of carbonyl (C=O) groups excluding carboxylic acids is 1. The van der Waals surface area contributed by atoms with E-state index in [1.807, 2.05) is 36.6 Å². The lowest BCUT2D eigenvalue weighted by Gasteiger charge is -2.13. The van der Waals surface area contributed by atoms with Crippen LogP contribution < -0.4 is 10.5 Å². The second kappa shape index (κ2) is 10.5. The molecule has 26 heavy (non-hydrogen) atoms. The van der Waals surface area contributed by atoms with E-state index in [0.29, 0.717) is 13.2 Å². The van der Waals surface area contributed by atoms with Crippen molar-refractivity contribution in [3.05, 3.63) is 52.0 Å². The van der Waals surface area contributed by atoms with Gasteiger partial charge >= 0.3 is 0 Å². The van der Waals surface area contributed by atoms with E-state index in [1.54, 1.807) is 28.4 Å². The highest BCUT2D eigenvalue weighted by molar-refractivity contribution is 7.09. The number of rotatable bonds is 5. The number of nitrogens with zero attached hydrogens (tertiary/aromatic N) is 2. The molecule has 5 nitrogen and oxygen atoms in total. The molecule has 142 valence electrons. The Morgan fingerprint density at radius 1 is 1.42 bits per heavy atom. The molecule has 3 rings (SSSR count). The molecule has 0 aliphatic carbocycles. The zero-order valence-corrected chi connectivity index (χ0v) is 16.9. The van der Waals surface area contributed by atoms with Crippen molar-refractivity contribution in [2.75, 3.05) is 13.1 Å². The van der Waals surface area contributed by atoms with E-state index in [2.05, 4.69) is 4.98 Å². The summed E-state index contributed by atoms with van der Waals surface area (Å²) in [6.45, 7) is 3.75. The first-order valence-electron chi connectivity index (χ1n) is 7.97. The maximum atomic E-state index is 12.2. The van der Waals surface area contributed by atoms with E-state index in [4.69, 9.17) is 10.5 Å². The van der Waals surface area contributed by atoms with Gasteiger partial charge in [-0.15, -0.1) is 36.2 Å². The van der Waals surface area contributed by atoms with Gasteiger partial charge in [-0.1, -0.05) is 18.2 Å². The fourth-order valence-electron chi connectivity index (χ4n) is 2.63. The molecule has 2 heterocycles. The fraction of sp³-hybridized carbons (Fsp3) is 0.333. The van der Waals surface area contributed by atoms with Crippen LogP contribution in [0.25, 0.3) is 6.08 Å². The third-order valence-electron chi connectivity index (χ3n) is 3.90. The van der Waals surface area contributed by atoms with Gasteiger partial charge in [0.1, 0.15) is 12.4 Å². The maximum Gasteiger partial charge on any atom is 0.246 e. The van der Waals surface area contributed by atoms with Crippen LogP contribution in [0.15, 0.2) is 35.7 Å². The second-order valence-corrected chi connectivity index (χ2v) is 6.91. The molecule has 8 heteroatoms. The number of carbonyl (C=O) groups is 1. The number of hydrogen-bond donors (Lipinski definition) is 1. The number of amides is 1. The fourth-order valence-corrected chi connectivity index (χ4v) is 3.23. The van der Waals surface area contributed by atoms with Crippen LogP contribution in [0.4, 0.5) is 0 Å². The van der Waals surface area contributed by atoms with Gasteiger partial charge in [0.05, 0.1) is 10.7 Å². The Morgan fingerprint density at radius 2 is 2.19 bits per heavy atom. The minimum Gasteiger partial charge on any atom is -0.487 e. The van der Waals surface area contributed by atoms with Crippen molar-refractivity contribution in [1.82, 2.24) is 9.88 Å². The van der Waals surface area contributed by atoms with Gasteiger partial charge in [0.25, 0.3) is 0 Å². The molecule has 0 saturated carbocycles. The van der Waals surface area contributed by atoms with Gasteiger partial charge in [-0.2, -0.15) is 0 Å². The summed E-state index contributed by atoms with van der Waals surface area (Å²) in [6, 6.07) is 7.77. The standard InChI is InChI=1S/C18H21N3O2S.2ClH/c1-13-20-16(12-24-13)11-23-17-5-3-2-4-14(17)6-7-18(22)21-9-8-15(19)10-21;;/h2-7,12,15H,8-11,19H2,1H3;2*1H/b7-6+;;/t15-;;/m0../s1. The van der Waals surface area contributed by atoms with Crippen molar-refractivity contribution in [1.29, 1.82) is 0 Å². The lowest BCUT2D eigenvalue weighted by molar-refractivity contribution is -0.124. The Bertz CT molecular complexity index is 752. The number of aromatic nitrogens is 1. The van der Waals surface area contributed by atoms with Crippen molar-refractivity contribution >= 4 is 48.1 Å². The second-order valence-electron chi connectivity index (χ2n) is 5.85. The molecule has 1 aliphatic heterocycles. The zero-order chi connectivity index (χ0) is 16.9. The van der Waals surface area contributed by atoms with Crippen molar-refractivity contribution < 1.29 is 9.53 Å². The SMILES string of the molecule is Cc1nc(COc2ccccc2/C=C/C(=O)N2CC[C@H](N)C2)cs1.Cl.Cl. The van der Waals surface area contributed by atoms with Crippen LogP contribution in [0.3, 0.4) is 0 Å². The number of hydrogen-bond acceptors (Lipinski definition) is 5. The number of thiazole rings is 1. The lowest BCUT2D eigenvalue weighted by Crippen LogP contribution is -2.30. The molecule has 2 aromatic rings. The molecule has 1 saturated heterocycles. The highest BCUT2D eigenvalue weighted by Gasteiger charge is 2.21. The molecular formula is C18H23Cl2N3O2S. The summed E-state index contributed by atoms with van der Waals surface area (Å²) in [6.07, 6.45) is 4.26. The van der Waals surface area contributed by atoms with Gasteiger partial charge < -0.3 is 15.4 Å². The largest absolute Gasteiger partial charge is 0.487 e. The van der Waals surface area contributed by atoms with E-state index in [1.165, 1.54) is 0 Å². The first kappa shape index (κ1) is 22.4. The summed E-state index contributed by atoms with van der Waals surface area (Å²) in [4.78, 5) is 18.4. The molecule has 0 bridgehead atoms. The number of likely N-dealkylation sites (tertiary alicyclic amines) is 1. The first-order valence-corrected chi connectivity index (χ1v) is 8.85. The van der Waals surface area contributed by atoms with Gasteiger partial charge in [-0.25, -0.2) is 4.98 Å². The molecule has 1 aliphatic rings. The Hall–Kier alpha value is -1.60. The van der Waals surface area contributed by atoms with E-state index in [0.717, 1.165) is 35.0 Å². The predicted molar refractivity (Wildman–Crippen MR) is 110 cm³/mol. The Labute approximate surface area is 170 Å². The Balaban J connectivity index is 0.00000169. The first-order chi connectivity index (χ1) is 11.6. The Morgan fingerprint density at radius 3 is 2.85 bits per heavy atom. The number of para-hydroxylation sites is 1. The molecular weight excluding hydrogens is 393 g/mol. The summed E-state index contributed by atoms with van der Waals surface area (Å²) in [5.74, 6) is 0.734. The minimum atomic E-state index is -0.00659. The lowest BCUT2D eigenvalue weighted by atomic mass is 10.2. The highest BCUT2D eigenvalue weighted by Crippen LogP contribution is 2.21. The van der Waals surface area contributed by atoms with Gasteiger partial charge in [-0.05, 0) is 25.5 Å². The summed E-state index contributed by atoms with van der Waals surface area (Å²) < 4.78 is 5.86. The number of ether oxygens (including phenoxy) is 1. The van der Waals surface area contributed by atoms with Crippen LogP contribution in [0.2, 0.25) is 0 Å². The summed E-state index contributed by atoms with van der Waals surface area (Å²) in [5, 5.41) is 3.02. The van der Waals surface area contributed by atoms with Crippen molar-refractivity contribution in [3.8, 4) is 5.75 Å². The van der Waals surface area contributed by atoms with Crippen LogP contribution in [0, 0.1) is 6.92 Å². The molecule has 1 fully saturated rings. The van der Waals surface area contributed by atoms with Crippen molar-refractivity contribution in [3.63, 3.8) is 0 Å². The summed E-state index contributed by atoms with van der Waals surface area (Å²) in [5.41, 5.74) is 7.64. The van der Waals surface area contributed by atoms with Crippen LogP contribution in [0.5, 0.6) is 5.75 Å². The summed E-state index contributed by atoms with van der Waals surface area (Å²) >= 11 is 1.61. The molecule has 1 atom stereocenters. The third kappa shape index (κ3) is 5.99. The van der Waals surface area contributed by atoms with Gasteiger partial charge in [0, 0.05) is 36.2 Å². The molecule has 2 N–H and O–H groups in total. The minimum absolute atomic E-state index is 0. The summed E-state index contributed by atoms with van der Waals surface area (Å²) in [7, 11) is 0. The highest BCUT2D eigenvalue weighted by atomic mass is 35.5. The number of benzene rings is 1. The van der Waals surface area contributed by atoms with Gasteiger partial charge in [0.15, 0.2) is 0 Å². The molecule has 0 unspecified atom stereocenters. The Kier molecular flexibility index (Phi) is 9.08. The molecule has 0 radical (unpaired) electrons. The third-order valence-corrected chi connectivity index (χ3v) is 4.73. The average molecular weight is 416 g/mol. The van der Waals surface area contributed by atoms with Crippen molar-refractivity contribution in [2.24, 2.45) is 5.73 Å². The van der Waals surface area contributed by atoms with Gasteiger partial charge in [-0.3, -0.25) is 4.79 Å². The molecule has 0 spiro atoms. The van der Waals surface area contributed by atoms with Crippen LogP contribution >= 0.6 is 36.2 Å². The monoisotopic (exact) mass is 415 g/mol. The van der Waals surface area contributed by atoms with E-state index in [9.17, 15) is 4.79 Å². The van der Waals surface area contributed by atoms with Crippen LogP contribution in [0.1, 0.15) is 22.7 Å². The number of nitrogens with two attached hydrogens (primary N) is 1. The quantitative estimate of drug-likeness (QED) is 0.759. The van der Waals surface area contributed by atoms with E-state index in [-0.39, 0.29) is 36.8 Å². The zero-order valence-electron chi connectivity index (χ0n) is 14.5. The van der Waals surface area contributed by atoms with E-state index < -0.39 is 0 Å².